The largest absolute Gasteiger partial charge is 0.311 e. The normalized spacial score (nSPS) is 36.6. The van der Waals surface area contributed by atoms with Gasteiger partial charge in [-0.2, -0.15) is 0 Å². The minimum absolute atomic E-state index is 0.573. The molecule has 1 N–H and O–H groups in total. The minimum Gasteiger partial charge on any atom is -0.311 e. The van der Waals surface area contributed by atoms with Gasteiger partial charge < -0.3 is 5.32 Å². The summed E-state index contributed by atoms with van der Waals surface area (Å²) in [6.07, 6.45) is 2.75. The highest BCUT2D eigenvalue weighted by Gasteiger charge is 2.44. The van der Waals surface area contributed by atoms with Gasteiger partial charge in [0.2, 0.25) is 0 Å². The molecular formula is C16H24N2. The first kappa shape index (κ1) is 12.2. The van der Waals surface area contributed by atoms with Gasteiger partial charge in [0.25, 0.3) is 0 Å². The number of nitrogens with zero attached hydrogens (tertiary/aromatic N) is 1. The molecule has 0 amide bonds. The summed E-state index contributed by atoms with van der Waals surface area (Å²) >= 11 is 0. The third-order valence-electron chi connectivity index (χ3n) is 4.56. The van der Waals surface area contributed by atoms with Crippen LogP contribution < -0.4 is 5.32 Å². The van der Waals surface area contributed by atoms with Gasteiger partial charge in [-0.1, -0.05) is 43.7 Å². The van der Waals surface area contributed by atoms with Gasteiger partial charge in [0, 0.05) is 31.2 Å². The molecule has 1 saturated heterocycles. The minimum atomic E-state index is 0.573. The van der Waals surface area contributed by atoms with Crippen LogP contribution in [-0.4, -0.2) is 30.1 Å². The Morgan fingerprint density at radius 1 is 1.28 bits per heavy atom. The maximum Gasteiger partial charge on any atom is 0.0476 e. The Morgan fingerprint density at radius 2 is 2.06 bits per heavy atom. The summed E-state index contributed by atoms with van der Waals surface area (Å²) in [5.41, 5.74) is 1.47. The van der Waals surface area contributed by atoms with Crippen molar-refractivity contribution in [2.24, 2.45) is 5.92 Å². The summed E-state index contributed by atoms with van der Waals surface area (Å²) in [5.74, 6) is 0.946. The lowest BCUT2D eigenvalue weighted by atomic mass is 10.0. The molecule has 4 unspecified atom stereocenters. The molecular weight excluding hydrogens is 220 g/mol. The van der Waals surface area contributed by atoms with E-state index in [2.05, 4.69) is 54.4 Å². The molecule has 1 aromatic carbocycles. The van der Waals surface area contributed by atoms with Crippen LogP contribution in [0, 0.1) is 5.92 Å². The van der Waals surface area contributed by atoms with Gasteiger partial charge in [-0.25, -0.2) is 0 Å². The average Bonchev–Trinajstić information content (AvgIpc) is 3.19. The molecule has 2 heteroatoms. The smallest absolute Gasteiger partial charge is 0.0476 e. The lowest BCUT2D eigenvalue weighted by Gasteiger charge is -2.40. The molecule has 0 bridgehead atoms. The molecule has 2 nitrogen and oxygen atoms in total. The molecule has 1 saturated carbocycles. The van der Waals surface area contributed by atoms with E-state index in [1.807, 2.05) is 0 Å². The van der Waals surface area contributed by atoms with Crippen LogP contribution in [0.2, 0.25) is 0 Å². The summed E-state index contributed by atoms with van der Waals surface area (Å²) < 4.78 is 0. The number of benzene rings is 1. The molecule has 2 fully saturated rings. The van der Waals surface area contributed by atoms with Gasteiger partial charge in [0.1, 0.15) is 0 Å². The van der Waals surface area contributed by atoms with E-state index >= 15 is 0 Å². The molecule has 1 aliphatic carbocycles. The average molecular weight is 244 g/mol. The zero-order valence-electron chi connectivity index (χ0n) is 11.5. The van der Waals surface area contributed by atoms with Crippen molar-refractivity contribution >= 4 is 0 Å². The predicted octanol–water partition coefficient (Wildman–Crippen LogP) is 2.82. The van der Waals surface area contributed by atoms with Gasteiger partial charge in [-0.05, 0) is 24.8 Å². The molecule has 18 heavy (non-hydrogen) atoms. The Bertz CT molecular complexity index is 389. The van der Waals surface area contributed by atoms with Crippen LogP contribution in [0.25, 0.3) is 0 Å². The quantitative estimate of drug-likeness (QED) is 0.879. The maximum absolute atomic E-state index is 3.63. The summed E-state index contributed by atoms with van der Waals surface area (Å²) in [6.45, 7) is 6.92. The molecule has 0 spiro atoms. The molecule has 0 aromatic heterocycles. The molecule has 1 aliphatic heterocycles. The summed E-state index contributed by atoms with van der Waals surface area (Å²) in [5, 5.41) is 3.63. The first-order chi connectivity index (χ1) is 8.79. The summed E-state index contributed by atoms with van der Waals surface area (Å²) in [6, 6.07) is 13.0. The topological polar surface area (TPSA) is 15.3 Å². The second kappa shape index (κ2) is 5.02. The number of nitrogens with one attached hydrogen (secondary N) is 1. The Kier molecular flexibility index (Phi) is 3.40. The number of piperazine rings is 1. The predicted molar refractivity (Wildman–Crippen MR) is 75.5 cm³/mol. The Labute approximate surface area is 110 Å². The van der Waals surface area contributed by atoms with Crippen molar-refractivity contribution in [3.05, 3.63) is 35.9 Å². The van der Waals surface area contributed by atoms with E-state index in [1.165, 1.54) is 24.9 Å². The first-order valence-corrected chi connectivity index (χ1v) is 7.33. The van der Waals surface area contributed by atoms with E-state index in [0.717, 1.165) is 18.5 Å². The van der Waals surface area contributed by atoms with E-state index in [1.54, 1.807) is 0 Å². The lowest BCUT2D eigenvalue weighted by Crippen LogP contribution is -2.52. The van der Waals surface area contributed by atoms with Gasteiger partial charge in [0.15, 0.2) is 0 Å². The maximum atomic E-state index is 3.63. The monoisotopic (exact) mass is 244 g/mol. The molecule has 2 aliphatic rings. The molecule has 0 radical (unpaired) electrons. The fourth-order valence-electron chi connectivity index (χ4n) is 3.37. The van der Waals surface area contributed by atoms with Gasteiger partial charge in [-0.3, -0.25) is 4.90 Å². The van der Waals surface area contributed by atoms with Crippen molar-refractivity contribution in [3.63, 3.8) is 0 Å². The van der Waals surface area contributed by atoms with Gasteiger partial charge in [0.05, 0.1) is 0 Å². The highest BCUT2D eigenvalue weighted by atomic mass is 15.3. The number of hydrogen-bond donors (Lipinski definition) is 1. The fourth-order valence-corrected chi connectivity index (χ4v) is 3.37. The Morgan fingerprint density at radius 3 is 2.72 bits per heavy atom. The third-order valence-corrected chi connectivity index (χ3v) is 4.56. The SMILES string of the molecule is CCC1CC1N1CC(C)NCC1c1ccccc1. The standard InChI is InChI=1S/C16H24N2/c1-3-13-9-15(13)18-11-12(2)17-10-16(18)14-7-5-4-6-8-14/h4-8,12-13,15-17H,3,9-11H2,1-2H3. The van der Waals surface area contributed by atoms with E-state index < -0.39 is 0 Å². The zero-order chi connectivity index (χ0) is 12.5. The van der Waals surface area contributed by atoms with Crippen molar-refractivity contribution < 1.29 is 0 Å². The van der Waals surface area contributed by atoms with Crippen LogP contribution in [0.4, 0.5) is 0 Å². The van der Waals surface area contributed by atoms with Crippen LogP contribution in [0.5, 0.6) is 0 Å². The summed E-state index contributed by atoms with van der Waals surface area (Å²) in [7, 11) is 0. The summed E-state index contributed by atoms with van der Waals surface area (Å²) in [4.78, 5) is 2.75. The van der Waals surface area contributed by atoms with Crippen LogP contribution in [-0.2, 0) is 0 Å². The molecule has 1 heterocycles. The van der Waals surface area contributed by atoms with Crippen molar-refractivity contribution in [2.75, 3.05) is 13.1 Å². The van der Waals surface area contributed by atoms with Crippen LogP contribution in [0.3, 0.4) is 0 Å². The molecule has 1 aromatic rings. The second-order valence-electron chi connectivity index (χ2n) is 5.90. The van der Waals surface area contributed by atoms with Gasteiger partial charge >= 0.3 is 0 Å². The molecule has 3 rings (SSSR count). The molecule has 4 atom stereocenters. The second-order valence-corrected chi connectivity index (χ2v) is 5.90. The van der Waals surface area contributed by atoms with Crippen molar-refractivity contribution in [1.29, 1.82) is 0 Å². The van der Waals surface area contributed by atoms with Crippen LogP contribution in [0.1, 0.15) is 38.3 Å². The number of hydrogen-bond acceptors (Lipinski definition) is 2. The lowest BCUT2D eigenvalue weighted by molar-refractivity contribution is 0.120. The van der Waals surface area contributed by atoms with E-state index in [4.69, 9.17) is 0 Å². The first-order valence-electron chi connectivity index (χ1n) is 7.33. The van der Waals surface area contributed by atoms with Crippen LogP contribution >= 0.6 is 0 Å². The number of rotatable bonds is 3. The molecule has 98 valence electrons. The fraction of sp³-hybridized carbons (Fsp3) is 0.625. The van der Waals surface area contributed by atoms with Gasteiger partial charge in [-0.15, -0.1) is 0 Å². The third kappa shape index (κ3) is 2.32. The Balaban J connectivity index is 1.78. The highest BCUT2D eigenvalue weighted by molar-refractivity contribution is 5.21. The zero-order valence-corrected chi connectivity index (χ0v) is 11.5. The Hall–Kier alpha value is -0.860. The van der Waals surface area contributed by atoms with Crippen molar-refractivity contribution in [2.45, 2.75) is 44.8 Å². The highest BCUT2D eigenvalue weighted by Crippen LogP contribution is 2.42. The van der Waals surface area contributed by atoms with E-state index in [9.17, 15) is 0 Å². The van der Waals surface area contributed by atoms with Crippen molar-refractivity contribution in [1.82, 2.24) is 10.2 Å². The van der Waals surface area contributed by atoms with Crippen molar-refractivity contribution in [3.8, 4) is 0 Å². The van der Waals surface area contributed by atoms with Crippen LogP contribution in [0.15, 0.2) is 30.3 Å². The van der Waals surface area contributed by atoms with E-state index in [-0.39, 0.29) is 0 Å². The van der Waals surface area contributed by atoms with E-state index in [0.29, 0.717) is 12.1 Å².